The van der Waals surface area contributed by atoms with E-state index in [4.69, 9.17) is 5.14 Å². The molecule has 0 unspecified atom stereocenters. The van der Waals surface area contributed by atoms with Crippen LogP contribution in [0.1, 0.15) is 25.7 Å². The number of hydrogen-bond donors (Lipinski definition) is 4. The summed E-state index contributed by atoms with van der Waals surface area (Å²) < 4.78 is 23.3. The van der Waals surface area contributed by atoms with Gasteiger partial charge in [-0.1, -0.05) is 12.8 Å². The Balaban J connectivity index is 1.74. The highest BCUT2D eigenvalue weighted by molar-refractivity contribution is 9.10. The number of aliphatic hydroxyl groups excluding tert-OH is 1. The number of nitrogens with two attached hydrogens (primary N) is 1. The molecule has 140 valence electrons. The highest BCUT2D eigenvalue weighted by Crippen LogP contribution is 2.27. The summed E-state index contributed by atoms with van der Waals surface area (Å²) in [4.78, 5) is 8.67. The summed E-state index contributed by atoms with van der Waals surface area (Å²) in [6.45, 7) is 0. The number of nitrogens with zero attached hydrogens (tertiary/aromatic N) is 2. The Morgan fingerprint density at radius 3 is 2.54 bits per heavy atom. The second kappa shape index (κ2) is 7.87. The van der Waals surface area contributed by atoms with Crippen LogP contribution in [0.15, 0.2) is 39.8 Å². The maximum Gasteiger partial charge on any atom is 0.238 e. The molecule has 0 radical (unpaired) electrons. The molecular formula is C16H20BrN5O3S. The predicted molar refractivity (Wildman–Crippen MR) is 103 cm³/mol. The van der Waals surface area contributed by atoms with Crippen molar-refractivity contribution < 1.29 is 13.5 Å². The van der Waals surface area contributed by atoms with Gasteiger partial charge in [0.2, 0.25) is 16.0 Å². The maximum absolute atomic E-state index is 11.3. The van der Waals surface area contributed by atoms with Crippen LogP contribution in [0.5, 0.6) is 0 Å². The summed E-state index contributed by atoms with van der Waals surface area (Å²) in [6, 6.07) is 5.95. The highest BCUT2D eigenvalue weighted by Gasteiger charge is 2.24. The van der Waals surface area contributed by atoms with Crippen LogP contribution in [0.2, 0.25) is 0 Å². The Labute approximate surface area is 160 Å². The minimum atomic E-state index is -3.73. The first-order valence-electron chi connectivity index (χ1n) is 8.20. The van der Waals surface area contributed by atoms with Crippen molar-refractivity contribution in [3.63, 3.8) is 0 Å². The number of nitrogens with one attached hydrogen (secondary N) is 2. The van der Waals surface area contributed by atoms with Gasteiger partial charge in [-0.2, -0.15) is 4.98 Å². The normalized spacial score (nSPS) is 20.6. The Hall–Kier alpha value is -1.75. The van der Waals surface area contributed by atoms with E-state index in [9.17, 15) is 13.5 Å². The van der Waals surface area contributed by atoms with Crippen LogP contribution >= 0.6 is 15.9 Å². The molecule has 1 fully saturated rings. The zero-order valence-electron chi connectivity index (χ0n) is 13.9. The summed E-state index contributed by atoms with van der Waals surface area (Å²) in [5, 5.41) is 21.5. The molecule has 0 saturated heterocycles. The van der Waals surface area contributed by atoms with Crippen LogP contribution in [0.3, 0.4) is 0 Å². The molecule has 1 aromatic heterocycles. The topological polar surface area (TPSA) is 130 Å². The Bertz CT molecular complexity index is 876. The SMILES string of the molecule is NS(=O)(=O)c1ccc(Nc2ncc(Br)c(N[C@H]3CCCC[C@@H]3O)n2)cc1. The Kier molecular flexibility index (Phi) is 5.76. The van der Waals surface area contributed by atoms with Crippen molar-refractivity contribution in [1.29, 1.82) is 0 Å². The zero-order valence-corrected chi connectivity index (χ0v) is 16.3. The van der Waals surface area contributed by atoms with Crippen LogP contribution in [0, 0.1) is 0 Å². The van der Waals surface area contributed by atoms with Crippen molar-refractivity contribution in [3.05, 3.63) is 34.9 Å². The van der Waals surface area contributed by atoms with E-state index in [1.165, 1.54) is 12.1 Å². The first-order chi connectivity index (χ1) is 12.3. The fourth-order valence-corrected chi connectivity index (χ4v) is 3.66. The van der Waals surface area contributed by atoms with Gasteiger partial charge < -0.3 is 15.7 Å². The molecule has 1 heterocycles. The van der Waals surface area contributed by atoms with Gasteiger partial charge in [-0.15, -0.1) is 0 Å². The maximum atomic E-state index is 11.3. The molecule has 10 heteroatoms. The number of sulfonamides is 1. The Morgan fingerprint density at radius 2 is 1.88 bits per heavy atom. The number of halogens is 1. The third-order valence-corrected chi connectivity index (χ3v) is 5.74. The smallest absolute Gasteiger partial charge is 0.238 e. The fraction of sp³-hybridized carbons (Fsp3) is 0.375. The lowest BCUT2D eigenvalue weighted by Gasteiger charge is -2.29. The molecular weight excluding hydrogens is 422 g/mol. The quantitative estimate of drug-likeness (QED) is 0.559. The zero-order chi connectivity index (χ0) is 18.7. The largest absolute Gasteiger partial charge is 0.391 e. The minimum absolute atomic E-state index is 0.0356. The van der Waals surface area contributed by atoms with Crippen LogP contribution in [-0.4, -0.2) is 35.6 Å². The van der Waals surface area contributed by atoms with Crippen molar-refractivity contribution in [1.82, 2.24) is 9.97 Å². The van der Waals surface area contributed by atoms with Gasteiger partial charge in [-0.05, 0) is 53.0 Å². The van der Waals surface area contributed by atoms with Crippen molar-refractivity contribution in [3.8, 4) is 0 Å². The fourth-order valence-electron chi connectivity index (χ4n) is 2.84. The molecule has 1 saturated carbocycles. The van der Waals surface area contributed by atoms with Crippen LogP contribution in [0.25, 0.3) is 0 Å². The molecule has 1 aromatic carbocycles. The summed E-state index contributed by atoms with van der Waals surface area (Å²) in [7, 11) is -3.73. The first kappa shape index (κ1) is 19.0. The van der Waals surface area contributed by atoms with Gasteiger partial charge in [0.05, 0.1) is 21.5 Å². The molecule has 0 amide bonds. The number of benzene rings is 1. The monoisotopic (exact) mass is 441 g/mol. The van der Waals surface area contributed by atoms with Crippen LogP contribution < -0.4 is 15.8 Å². The van der Waals surface area contributed by atoms with E-state index in [-0.39, 0.29) is 10.9 Å². The number of primary sulfonamides is 1. The molecule has 0 bridgehead atoms. The third-order valence-electron chi connectivity index (χ3n) is 4.23. The van der Waals surface area contributed by atoms with Gasteiger partial charge in [0.1, 0.15) is 5.82 Å². The molecule has 1 aliphatic carbocycles. The summed E-state index contributed by atoms with van der Waals surface area (Å²) in [6.07, 6.45) is 4.99. The van der Waals surface area contributed by atoms with Crippen molar-refractivity contribution >= 4 is 43.4 Å². The lowest BCUT2D eigenvalue weighted by molar-refractivity contribution is 0.116. The second-order valence-electron chi connectivity index (χ2n) is 6.19. The van der Waals surface area contributed by atoms with E-state index in [1.807, 2.05) is 0 Å². The van der Waals surface area contributed by atoms with E-state index in [2.05, 4.69) is 36.5 Å². The average Bonchev–Trinajstić information content (AvgIpc) is 2.59. The van der Waals surface area contributed by atoms with Gasteiger partial charge in [0.15, 0.2) is 0 Å². The molecule has 0 aliphatic heterocycles. The lowest BCUT2D eigenvalue weighted by Crippen LogP contribution is -2.36. The van der Waals surface area contributed by atoms with Crippen LogP contribution in [0.4, 0.5) is 17.5 Å². The summed E-state index contributed by atoms with van der Waals surface area (Å²) in [5.74, 6) is 0.943. The van der Waals surface area contributed by atoms with Crippen molar-refractivity contribution in [2.24, 2.45) is 5.14 Å². The third kappa shape index (κ3) is 4.70. The highest BCUT2D eigenvalue weighted by atomic mass is 79.9. The molecule has 3 rings (SSSR count). The van der Waals surface area contributed by atoms with Gasteiger partial charge in [-0.25, -0.2) is 18.5 Å². The molecule has 26 heavy (non-hydrogen) atoms. The van der Waals surface area contributed by atoms with Crippen LogP contribution in [-0.2, 0) is 10.0 Å². The number of hydrogen-bond acceptors (Lipinski definition) is 7. The average molecular weight is 442 g/mol. The lowest BCUT2D eigenvalue weighted by atomic mass is 9.93. The molecule has 0 spiro atoms. The number of anilines is 3. The van der Waals surface area contributed by atoms with Gasteiger partial charge in [-0.3, -0.25) is 0 Å². The summed E-state index contributed by atoms with van der Waals surface area (Å²) >= 11 is 3.42. The Morgan fingerprint density at radius 1 is 1.19 bits per heavy atom. The molecule has 2 atom stereocenters. The number of aromatic nitrogens is 2. The van der Waals surface area contributed by atoms with E-state index >= 15 is 0 Å². The van der Waals surface area contributed by atoms with Gasteiger partial charge in [0, 0.05) is 11.9 Å². The summed E-state index contributed by atoms with van der Waals surface area (Å²) in [5.41, 5.74) is 0.628. The number of rotatable bonds is 5. The standard InChI is InChI=1S/C16H20BrN5O3S/c17-12-9-19-16(20-10-5-7-11(8-6-10)26(18,24)25)22-15(12)21-13-3-1-2-4-14(13)23/h5-9,13-14,23H,1-4H2,(H2,18,24,25)(H2,19,20,21,22)/t13-,14-/m0/s1. The van der Waals surface area contributed by atoms with Gasteiger partial charge >= 0.3 is 0 Å². The molecule has 1 aliphatic rings. The number of aliphatic hydroxyl groups is 1. The molecule has 2 aromatic rings. The predicted octanol–water partition coefficient (Wildman–Crippen LogP) is 2.35. The first-order valence-corrected chi connectivity index (χ1v) is 10.5. The molecule has 8 nitrogen and oxygen atoms in total. The van der Waals surface area contributed by atoms with Crippen molar-refractivity contribution in [2.75, 3.05) is 10.6 Å². The van der Waals surface area contributed by atoms with E-state index in [0.717, 1.165) is 25.7 Å². The van der Waals surface area contributed by atoms with E-state index < -0.39 is 16.1 Å². The molecule has 5 N–H and O–H groups in total. The van der Waals surface area contributed by atoms with E-state index in [0.29, 0.717) is 21.9 Å². The minimum Gasteiger partial charge on any atom is -0.391 e. The van der Waals surface area contributed by atoms with Gasteiger partial charge in [0.25, 0.3) is 0 Å². The van der Waals surface area contributed by atoms with Crippen molar-refractivity contribution in [2.45, 2.75) is 42.7 Å². The van der Waals surface area contributed by atoms with E-state index in [1.54, 1.807) is 18.3 Å². The second-order valence-corrected chi connectivity index (χ2v) is 8.60.